The molecule has 32 valence electrons. The molecule has 0 saturated heterocycles. The third kappa shape index (κ3) is 9.40. The average molecular weight is 248 g/mol. The van der Waals surface area contributed by atoms with Crippen molar-refractivity contribution in [2.24, 2.45) is 0 Å². The van der Waals surface area contributed by atoms with Crippen molar-refractivity contribution in [2.45, 2.75) is 20.0 Å². The van der Waals surface area contributed by atoms with Crippen molar-refractivity contribution in [3.05, 3.63) is 0 Å². The van der Waals surface area contributed by atoms with Gasteiger partial charge in [0.2, 0.25) is 0 Å². The van der Waals surface area contributed by atoms with Gasteiger partial charge < -0.3 is 0 Å². The van der Waals surface area contributed by atoms with Gasteiger partial charge in [-0.2, -0.15) is 0 Å². The van der Waals surface area contributed by atoms with Gasteiger partial charge in [-0.3, -0.25) is 0 Å². The maximum absolute atomic E-state index is 4.92. The summed E-state index contributed by atoms with van der Waals surface area (Å²) in [6, 6.07) is 0. The van der Waals surface area contributed by atoms with Crippen LogP contribution >= 0.6 is 0 Å². The zero-order valence-corrected chi connectivity index (χ0v) is 9.33. The first-order valence-corrected chi connectivity index (χ1v) is 3.14. The normalized spacial score (nSPS) is 7.67. The van der Waals surface area contributed by atoms with E-state index in [2.05, 4.69) is 0 Å². The molecule has 0 aliphatic carbocycles. The minimum atomic E-state index is 0. The summed E-state index contributed by atoms with van der Waals surface area (Å²) in [6.45, 7) is 4.08. The fraction of sp³-hybridized carbons (Fsp3) is 1.00. The predicted molar refractivity (Wildman–Crippen MR) is 16.2 cm³/mol. The molecule has 0 saturated carbocycles. The molecule has 0 aromatic rings. The summed E-state index contributed by atoms with van der Waals surface area (Å²) in [4.78, 5) is 0. The van der Waals surface area contributed by atoms with Crippen LogP contribution in [0.5, 0.6) is 0 Å². The minimum absolute atomic E-state index is 0. The smallest absolute Gasteiger partial charge is 0 e. The molecule has 0 radical (unpaired) electrons. The Kier molecular flexibility index (Phi) is 12.8. The molecule has 0 aromatic heterocycles. The second-order valence-electron chi connectivity index (χ2n) is 1.18. The molecule has 0 heterocycles. The Hall–Kier alpha value is 2.04. The van der Waals surface area contributed by atoms with E-state index in [4.69, 9.17) is 1.01 Å². The van der Waals surface area contributed by atoms with Crippen molar-refractivity contribution in [2.75, 3.05) is 0 Å². The molecule has 6 heavy (non-hydrogen) atoms. The Bertz CT molecular complexity index is 24.8. The summed E-state index contributed by atoms with van der Waals surface area (Å²) in [5.74, 6) is 0. The summed E-state index contributed by atoms with van der Waals surface area (Å²) < 4.78 is 4.92. The summed E-state index contributed by atoms with van der Waals surface area (Å²) in [6.07, 6.45) is 0.458. The summed E-state index contributed by atoms with van der Waals surface area (Å²) in [5, 5.41) is 0. The Morgan fingerprint density at radius 1 is 1.50 bits per heavy atom. The Labute approximate surface area is 81.1 Å². The van der Waals surface area contributed by atoms with Crippen LogP contribution in [0.25, 0.3) is 0 Å². The van der Waals surface area contributed by atoms with E-state index in [1.807, 2.05) is 13.8 Å². The summed E-state index contributed by atoms with van der Waals surface area (Å²) in [7, 11) is 0. The Morgan fingerprint density at radius 3 is 1.67 bits per heavy atom. The third-order valence-electron chi connectivity index (χ3n) is 0.272. The second kappa shape index (κ2) is 7.04. The van der Waals surface area contributed by atoms with Crippen molar-refractivity contribution in [3.8, 4) is 0 Å². The van der Waals surface area contributed by atoms with Crippen LogP contribution in [0, 0.1) is 39.8 Å². The standard InChI is InChI=1S/C3H7O.Pr.Ti/c1-3(2)4;;/h3H,1-2H3;;/q-1;+1;. The summed E-state index contributed by atoms with van der Waals surface area (Å²) in [5.41, 5.74) is 0. The van der Waals surface area contributed by atoms with Gasteiger partial charge in [-0.15, -0.1) is 0 Å². The van der Waals surface area contributed by atoms with Gasteiger partial charge >= 0.3 is 60.8 Å². The summed E-state index contributed by atoms with van der Waals surface area (Å²) >= 11 is 0.708. The second-order valence-corrected chi connectivity index (χ2v) is 2.06. The van der Waals surface area contributed by atoms with Crippen LogP contribution in [0.2, 0.25) is 0 Å². The van der Waals surface area contributed by atoms with E-state index in [-0.39, 0.29) is 21.7 Å². The van der Waals surface area contributed by atoms with Crippen molar-refractivity contribution in [1.82, 2.24) is 0 Å². The molecule has 0 bridgehead atoms. The van der Waals surface area contributed by atoms with E-state index in [0.29, 0.717) is 45.9 Å². The molecule has 1 nitrogen and oxygen atoms in total. The van der Waals surface area contributed by atoms with Crippen LogP contribution in [0.15, 0.2) is 0 Å². The zero-order chi connectivity index (χ0) is 4.28. The number of rotatable bonds is 1. The molecule has 0 aliphatic heterocycles. The first-order valence-electron chi connectivity index (χ1n) is 1.63. The van der Waals surface area contributed by atoms with Gasteiger partial charge in [0.15, 0.2) is 0 Å². The minimum Gasteiger partial charge on any atom is 0 e. The molecule has 0 aliphatic rings. The first-order chi connectivity index (χ1) is 2.27. The average Bonchev–Trinajstić information content (AvgIpc) is 1.38. The van der Waals surface area contributed by atoms with E-state index >= 15 is 0 Å². The molecule has 0 atom stereocenters. The van der Waals surface area contributed by atoms with E-state index in [1.54, 1.807) is 0 Å². The van der Waals surface area contributed by atoms with Crippen LogP contribution in [0.3, 0.4) is 0 Å². The maximum atomic E-state index is 4.92. The SMILES string of the molecule is CC(C)[O][Pr].[Ti]. The Morgan fingerprint density at radius 2 is 1.67 bits per heavy atom. The zero-order valence-electron chi connectivity index (χ0n) is 4.06. The van der Waals surface area contributed by atoms with Crippen molar-refractivity contribution >= 4 is 0 Å². The first kappa shape index (κ1) is 10.9. The molecule has 0 N–H and O–H groups in total. The maximum Gasteiger partial charge on any atom is 0 e. The van der Waals surface area contributed by atoms with Crippen molar-refractivity contribution < 1.29 is 62.5 Å². The Balaban J connectivity index is 0. The fourth-order valence-corrected chi connectivity index (χ4v) is 0. The number of hydrogen-bond acceptors (Lipinski definition) is 1. The molecule has 0 spiro atoms. The molecular weight excluding hydrogens is 241 g/mol. The van der Waals surface area contributed by atoms with Crippen LogP contribution in [0.4, 0.5) is 0 Å². The number of hydrogen-bond donors (Lipinski definition) is 0. The largest absolute Gasteiger partial charge is 0 e. The van der Waals surface area contributed by atoms with Gasteiger partial charge in [-0.25, -0.2) is 0 Å². The van der Waals surface area contributed by atoms with Gasteiger partial charge in [-0.1, -0.05) is 0 Å². The van der Waals surface area contributed by atoms with E-state index in [9.17, 15) is 0 Å². The molecule has 0 unspecified atom stereocenters. The topological polar surface area (TPSA) is 9.23 Å². The molecule has 0 rings (SSSR count). The quantitative estimate of drug-likeness (QED) is 0.625. The monoisotopic (exact) mass is 248 g/mol. The van der Waals surface area contributed by atoms with Gasteiger partial charge in [-0.05, 0) is 0 Å². The van der Waals surface area contributed by atoms with Crippen LogP contribution in [0.1, 0.15) is 13.8 Å². The van der Waals surface area contributed by atoms with E-state index in [0.717, 1.165) is 0 Å². The van der Waals surface area contributed by atoms with Gasteiger partial charge in [0, 0.05) is 21.7 Å². The molecule has 0 amide bonds. The predicted octanol–water partition coefficient (Wildman–Crippen LogP) is 0.873. The van der Waals surface area contributed by atoms with Crippen LogP contribution in [-0.4, -0.2) is 6.10 Å². The van der Waals surface area contributed by atoms with Gasteiger partial charge in [0.05, 0.1) is 0 Å². The molecular formula is C3H7OPrTi. The van der Waals surface area contributed by atoms with Crippen molar-refractivity contribution in [1.29, 1.82) is 0 Å². The van der Waals surface area contributed by atoms with Crippen LogP contribution < -0.4 is 0 Å². The van der Waals surface area contributed by atoms with Crippen LogP contribution in [-0.2, 0) is 22.7 Å². The van der Waals surface area contributed by atoms with Crippen molar-refractivity contribution in [3.63, 3.8) is 0 Å². The molecule has 0 fully saturated rings. The third-order valence-corrected chi connectivity index (χ3v) is 2.02. The molecule has 0 aromatic carbocycles. The fourth-order valence-electron chi connectivity index (χ4n) is 0. The molecule has 3 heteroatoms. The van der Waals surface area contributed by atoms with E-state index in [1.165, 1.54) is 0 Å². The van der Waals surface area contributed by atoms with Gasteiger partial charge in [0.25, 0.3) is 0 Å². The van der Waals surface area contributed by atoms with Gasteiger partial charge in [0.1, 0.15) is 0 Å². The van der Waals surface area contributed by atoms with E-state index < -0.39 is 0 Å².